The number of hydrogen-bond acceptors (Lipinski definition) is 10. The molecule has 13 heteroatoms. The third-order valence-corrected chi connectivity index (χ3v) is 10.4. The van der Waals surface area contributed by atoms with Crippen molar-refractivity contribution in [2.45, 2.75) is 192 Å². The third-order valence-electron chi connectivity index (χ3n) is 9.45. The molecule has 1 aliphatic heterocycles. The van der Waals surface area contributed by atoms with E-state index >= 15 is 0 Å². The number of carbonyl (C=O) groups is 3. The van der Waals surface area contributed by atoms with Gasteiger partial charge in [-0.15, -0.1) is 0 Å². The predicted molar refractivity (Wildman–Crippen MR) is 226 cm³/mol. The zero-order valence-corrected chi connectivity index (χ0v) is 36.0. The Labute approximate surface area is 343 Å². The summed E-state index contributed by atoms with van der Waals surface area (Å²) in [4.78, 5) is 46.0. The van der Waals surface area contributed by atoms with Gasteiger partial charge in [0.05, 0.1) is 25.4 Å². The molecule has 0 radical (unpaired) electrons. The summed E-state index contributed by atoms with van der Waals surface area (Å²) in [6.45, 7) is 2.68. The number of phosphoric acid groups is 1. The molecule has 57 heavy (non-hydrogen) atoms. The Morgan fingerprint density at radius 1 is 0.632 bits per heavy atom. The van der Waals surface area contributed by atoms with Crippen LogP contribution in [0, 0.1) is 0 Å². The van der Waals surface area contributed by atoms with Crippen LogP contribution in [0.25, 0.3) is 0 Å². The first-order chi connectivity index (χ1) is 27.6. The number of carboxylic acids is 1. The standard InChI is InChI=1S/C44H76NO11P/c1-3-5-7-9-11-12-13-14-15-16-17-18-21-26-30-34-43(47)55-38(36-53-57(50,51)54-37-39(45)44(48)49)35-52-42(46)33-29-25-22-19-20-24-28-32-41-40(56-41)31-27-23-10-8-6-4-2/h12-13,19,22-24,27-28,38-41H,3-11,14-18,20-21,25-26,29-37,45H2,1-2H3,(H,48,49)(H,50,51)/b13-12-,22-19-,27-23-,28-24-/t38-,39+,40?,41?/m1/s1. The number of rotatable bonds is 39. The summed E-state index contributed by atoms with van der Waals surface area (Å²) in [6.07, 6.45) is 40.6. The summed E-state index contributed by atoms with van der Waals surface area (Å²) in [7, 11) is -4.73. The summed E-state index contributed by atoms with van der Waals surface area (Å²) >= 11 is 0. The average Bonchev–Trinajstić information content (AvgIpc) is 3.94. The number of carboxylic acid groups (broad SMARTS) is 1. The molecule has 0 spiro atoms. The monoisotopic (exact) mass is 826 g/mol. The number of phosphoric ester groups is 1. The van der Waals surface area contributed by atoms with E-state index in [0.29, 0.717) is 31.5 Å². The number of allylic oxidation sites excluding steroid dienone is 6. The highest BCUT2D eigenvalue weighted by Crippen LogP contribution is 2.43. The van der Waals surface area contributed by atoms with E-state index in [9.17, 15) is 23.8 Å². The zero-order valence-electron chi connectivity index (χ0n) is 35.1. The number of carbonyl (C=O) groups excluding carboxylic acids is 2. The highest BCUT2D eigenvalue weighted by molar-refractivity contribution is 7.47. The number of epoxide rings is 1. The van der Waals surface area contributed by atoms with Gasteiger partial charge >= 0.3 is 25.7 Å². The number of aliphatic carboxylic acids is 1. The van der Waals surface area contributed by atoms with Gasteiger partial charge in [-0.3, -0.25) is 23.4 Å². The van der Waals surface area contributed by atoms with Gasteiger partial charge in [0, 0.05) is 12.8 Å². The first-order valence-corrected chi connectivity index (χ1v) is 23.3. The van der Waals surface area contributed by atoms with Gasteiger partial charge in [0.2, 0.25) is 0 Å². The Kier molecular flexibility index (Phi) is 32.5. The number of nitrogens with two attached hydrogens (primary N) is 1. The fraction of sp³-hybridized carbons (Fsp3) is 0.750. The van der Waals surface area contributed by atoms with Crippen LogP contribution in [0.1, 0.15) is 168 Å². The normalized spacial score (nSPS) is 17.8. The maximum atomic E-state index is 12.6. The molecule has 1 aliphatic rings. The summed E-state index contributed by atoms with van der Waals surface area (Å²) in [6, 6.07) is -1.53. The van der Waals surface area contributed by atoms with Crippen LogP contribution >= 0.6 is 7.82 Å². The molecular weight excluding hydrogens is 749 g/mol. The fourth-order valence-electron chi connectivity index (χ4n) is 5.86. The SMILES string of the molecule is CCCCC/C=C\CC1OC1C/C=C\C/C=C\CCCC(=O)OC[C@H](COP(=O)(O)OC[C@H](N)C(=O)O)OC(=O)CCCCCCCCC/C=C\CCCCCC. The summed E-state index contributed by atoms with van der Waals surface area (Å²) in [5.41, 5.74) is 5.33. The molecule has 1 rings (SSSR count). The quantitative estimate of drug-likeness (QED) is 0.0175. The van der Waals surface area contributed by atoms with E-state index in [-0.39, 0.29) is 19.4 Å². The van der Waals surface area contributed by atoms with Gasteiger partial charge in [0.1, 0.15) is 12.6 Å². The number of unbranched alkanes of at least 4 members (excludes halogenated alkanes) is 15. The van der Waals surface area contributed by atoms with Crippen LogP contribution in [0.2, 0.25) is 0 Å². The minimum Gasteiger partial charge on any atom is -0.480 e. The molecular formula is C44H76NO11P. The second-order valence-electron chi connectivity index (χ2n) is 14.9. The summed E-state index contributed by atoms with van der Waals surface area (Å²) in [5.74, 6) is -2.47. The van der Waals surface area contributed by atoms with Crippen molar-refractivity contribution >= 4 is 25.7 Å². The second-order valence-corrected chi connectivity index (χ2v) is 16.3. The van der Waals surface area contributed by atoms with Crippen molar-refractivity contribution in [2.24, 2.45) is 5.73 Å². The van der Waals surface area contributed by atoms with Crippen LogP contribution in [0.5, 0.6) is 0 Å². The van der Waals surface area contributed by atoms with Crippen LogP contribution in [0.3, 0.4) is 0 Å². The largest absolute Gasteiger partial charge is 0.480 e. The molecule has 4 N–H and O–H groups in total. The molecule has 0 amide bonds. The molecule has 0 aromatic heterocycles. The van der Waals surface area contributed by atoms with Gasteiger partial charge in [0.15, 0.2) is 6.10 Å². The van der Waals surface area contributed by atoms with Crippen molar-refractivity contribution in [3.8, 4) is 0 Å². The van der Waals surface area contributed by atoms with Gasteiger partial charge in [-0.05, 0) is 77.0 Å². The molecule has 1 fully saturated rings. The van der Waals surface area contributed by atoms with Crippen LogP contribution in [-0.2, 0) is 42.2 Å². The first kappa shape index (κ1) is 52.4. The van der Waals surface area contributed by atoms with Crippen molar-refractivity contribution < 1.29 is 52.2 Å². The number of ether oxygens (including phenoxy) is 3. The van der Waals surface area contributed by atoms with Crippen molar-refractivity contribution in [3.05, 3.63) is 48.6 Å². The predicted octanol–water partition coefficient (Wildman–Crippen LogP) is 10.4. The van der Waals surface area contributed by atoms with Gasteiger partial charge in [0.25, 0.3) is 0 Å². The third kappa shape index (κ3) is 33.0. The maximum Gasteiger partial charge on any atom is 0.472 e. The van der Waals surface area contributed by atoms with E-state index in [1.165, 1.54) is 64.2 Å². The van der Waals surface area contributed by atoms with Gasteiger partial charge < -0.3 is 29.9 Å². The van der Waals surface area contributed by atoms with E-state index in [1.807, 2.05) is 12.2 Å². The number of esters is 2. The van der Waals surface area contributed by atoms with Crippen LogP contribution in [-0.4, -0.2) is 72.1 Å². The van der Waals surface area contributed by atoms with Gasteiger partial charge in [-0.1, -0.05) is 127 Å². The highest BCUT2D eigenvalue weighted by Gasteiger charge is 2.36. The van der Waals surface area contributed by atoms with Crippen molar-refractivity contribution in [1.82, 2.24) is 0 Å². The minimum atomic E-state index is -4.73. The lowest BCUT2D eigenvalue weighted by molar-refractivity contribution is -0.161. The zero-order chi connectivity index (χ0) is 41.8. The fourth-order valence-corrected chi connectivity index (χ4v) is 6.64. The molecule has 0 aromatic rings. The minimum absolute atomic E-state index is 0.139. The van der Waals surface area contributed by atoms with Crippen molar-refractivity contribution in [2.75, 3.05) is 19.8 Å². The Hall–Kier alpha value is -2.60. The smallest absolute Gasteiger partial charge is 0.472 e. The lowest BCUT2D eigenvalue weighted by atomic mass is 10.1. The summed E-state index contributed by atoms with van der Waals surface area (Å²) in [5, 5.41) is 8.89. The molecule has 12 nitrogen and oxygen atoms in total. The Morgan fingerprint density at radius 2 is 1.11 bits per heavy atom. The van der Waals surface area contributed by atoms with Crippen molar-refractivity contribution in [3.63, 3.8) is 0 Å². The molecule has 0 aromatic carbocycles. The van der Waals surface area contributed by atoms with E-state index in [4.69, 9.17) is 29.6 Å². The Balaban J connectivity index is 2.33. The van der Waals surface area contributed by atoms with Crippen LogP contribution in [0.4, 0.5) is 0 Å². The number of hydrogen-bond donors (Lipinski definition) is 3. The van der Waals surface area contributed by atoms with E-state index in [2.05, 4.69) is 54.8 Å². The molecule has 1 heterocycles. The molecule has 0 saturated carbocycles. The second kappa shape index (κ2) is 35.4. The van der Waals surface area contributed by atoms with Crippen LogP contribution in [0.15, 0.2) is 48.6 Å². The van der Waals surface area contributed by atoms with Crippen LogP contribution < -0.4 is 5.73 Å². The molecule has 1 saturated heterocycles. The van der Waals surface area contributed by atoms with E-state index in [0.717, 1.165) is 57.8 Å². The Morgan fingerprint density at radius 3 is 1.75 bits per heavy atom. The van der Waals surface area contributed by atoms with E-state index < -0.39 is 51.1 Å². The molecule has 5 atom stereocenters. The van der Waals surface area contributed by atoms with Crippen molar-refractivity contribution in [1.29, 1.82) is 0 Å². The maximum absolute atomic E-state index is 12.6. The lowest BCUT2D eigenvalue weighted by Crippen LogP contribution is -2.34. The Bertz CT molecular complexity index is 1220. The molecule has 3 unspecified atom stereocenters. The lowest BCUT2D eigenvalue weighted by Gasteiger charge is -2.20. The van der Waals surface area contributed by atoms with Gasteiger partial charge in [-0.2, -0.15) is 0 Å². The summed E-state index contributed by atoms with van der Waals surface area (Å²) < 4.78 is 38.4. The molecule has 0 aliphatic carbocycles. The molecule has 0 bridgehead atoms. The van der Waals surface area contributed by atoms with Gasteiger partial charge in [-0.25, -0.2) is 4.57 Å². The molecule has 328 valence electrons. The first-order valence-electron chi connectivity index (χ1n) is 21.8. The average molecular weight is 826 g/mol. The topological polar surface area (TPSA) is 184 Å². The van der Waals surface area contributed by atoms with E-state index in [1.54, 1.807) is 0 Å². The highest BCUT2D eigenvalue weighted by atomic mass is 31.2.